The van der Waals surface area contributed by atoms with E-state index in [4.69, 9.17) is 0 Å². The third kappa shape index (κ3) is 3.53. The van der Waals surface area contributed by atoms with Gasteiger partial charge in [0.05, 0.1) is 0 Å². The molecule has 1 N–H and O–H groups in total. The molecule has 2 atom stereocenters. The van der Waals surface area contributed by atoms with Crippen molar-refractivity contribution in [2.45, 2.75) is 19.3 Å². The van der Waals surface area contributed by atoms with Gasteiger partial charge in [0.15, 0.2) is 11.6 Å². The third-order valence-electron chi connectivity index (χ3n) is 3.22. The molecule has 1 heterocycles. The largest absolute Gasteiger partial charge is 0.316 e. The Bertz CT molecular complexity index is 401. The summed E-state index contributed by atoms with van der Waals surface area (Å²) in [5, 5.41) is 3.19. The van der Waals surface area contributed by atoms with Crippen LogP contribution in [-0.4, -0.2) is 13.1 Å². The van der Waals surface area contributed by atoms with Gasteiger partial charge >= 0.3 is 0 Å². The second-order valence-electron chi connectivity index (χ2n) is 4.36. The van der Waals surface area contributed by atoms with Crippen molar-refractivity contribution in [3.8, 4) is 0 Å². The summed E-state index contributed by atoms with van der Waals surface area (Å²) >= 11 is 0. The second-order valence-corrected chi connectivity index (χ2v) is 4.36. The zero-order valence-electron chi connectivity index (χ0n) is 9.88. The highest BCUT2D eigenvalue weighted by Gasteiger charge is 2.26. The van der Waals surface area contributed by atoms with Crippen LogP contribution in [0.25, 0.3) is 0 Å². The molecular formula is C12H16Cl2F3N. The summed E-state index contributed by atoms with van der Waals surface area (Å²) in [7, 11) is 0. The van der Waals surface area contributed by atoms with Crippen LogP contribution in [0.15, 0.2) is 12.1 Å². The van der Waals surface area contributed by atoms with Crippen molar-refractivity contribution >= 4 is 24.8 Å². The lowest BCUT2D eigenvalue weighted by Gasteiger charge is -2.30. The number of nitrogens with one attached hydrogen (secondary N) is 1. The van der Waals surface area contributed by atoms with Crippen molar-refractivity contribution < 1.29 is 13.2 Å². The molecule has 1 aliphatic rings. The van der Waals surface area contributed by atoms with E-state index in [2.05, 4.69) is 5.32 Å². The van der Waals surface area contributed by atoms with Crippen LogP contribution in [0.4, 0.5) is 13.2 Å². The predicted molar refractivity (Wildman–Crippen MR) is 70.2 cm³/mol. The molecule has 0 aliphatic carbocycles. The summed E-state index contributed by atoms with van der Waals surface area (Å²) in [6, 6.07) is 1.64. The van der Waals surface area contributed by atoms with Gasteiger partial charge < -0.3 is 5.32 Å². The van der Waals surface area contributed by atoms with Gasteiger partial charge in [0, 0.05) is 6.07 Å². The summed E-state index contributed by atoms with van der Waals surface area (Å²) < 4.78 is 39.4. The van der Waals surface area contributed by atoms with E-state index in [1.165, 1.54) is 0 Å². The molecule has 1 fully saturated rings. The Balaban J connectivity index is 0.00000144. The topological polar surface area (TPSA) is 12.0 Å². The first kappa shape index (κ1) is 17.6. The average molecular weight is 302 g/mol. The predicted octanol–water partition coefficient (Wildman–Crippen LogP) is 3.66. The molecule has 0 spiro atoms. The van der Waals surface area contributed by atoms with E-state index < -0.39 is 17.5 Å². The van der Waals surface area contributed by atoms with Gasteiger partial charge in [-0.15, -0.1) is 24.8 Å². The Kier molecular flexibility index (Phi) is 7.04. The van der Waals surface area contributed by atoms with Crippen molar-refractivity contribution in [3.63, 3.8) is 0 Å². The first-order valence-electron chi connectivity index (χ1n) is 5.44. The highest BCUT2D eigenvalue weighted by atomic mass is 35.5. The minimum Gasteiger partial charge on any atom is -0.316 e. The summed E-state index contributed by atoms with van der Waals surface area (Å²) in [5.41, 5.74) is 0.299. The zero-order valence-corrected chi connectivity index (χ0v) is 11.5. The standard InChI is InChI=1S/C12H14F3N.2ClH/c1-7-6-16-3-2-8(7)9-4-11(14)12(15)5-10(9)13;;/h4-5,7-8,16H,2-3,6H2,1H3;2*1H/t7-,8+;;/m1../s1. The molecule has 18 heavy (non-hydrogen) atoms. The molecular weight excluding hydrogens is 286 g/mol. The first-order chi connectivity index (χ1) is 7.59. The van der Waals surface area contributed by atoms with Gasteiger partial charge in [-0.25, -0.2) is 13.2 Å². The summed E-state index contributed by atoms with van der Waals surface area (Å²) in [5.74, 6) is -2.54. The fraction of sp³-hybridized carbons (Fsp3) is 0.500. The van der Waals surface area contributed by atoms with E-state index in [9.17, 15) is 13.2 Å². The molecule has 1 nitrogen and oxygen atoms in total. The minimum atomic E-state index is -1.12. The lowest BCUT2D eigenvalue weighted by Crippen LogP contribution is -2.34. The number of hydrogen-bond donors (Lipinski definition) is 1. The quantitative estimate of drug-likeness (QED) is 0.781. The number of benzene rings is 1. The van der Waals surface area contributed by atoms with Gasteiger partial charge in [0.1, 0.15) is 5.82 Å². The van der Waals surface area contributed by atoms with E-state index in [1.54, 1.807) is 0 Å². The summed E-state index contributed by atoms with van der Waals surface area (Å²) in [6.07, 6.45) is 0.753. The van der Waals surface area contributed by atoms with E-state index in [1.807, 2.05) is 6.92 Å². The Hall–Kier alpha value is -0.450. The molecule has 1 saturated heterocycles. The molecule has 1 aliphatic heterocycles. The van der Waals surface area contributed by atoms with Crippen molar-refractivity contribution in [1.82, 2.24) is 5.32 Å². The molecule has 0 radical (unpaired) electrons. The van der Waals surface area contributed by atoms with E-state index in [-0.39, 0.29) is 36.6 Å². The maximum Gasteiger partial charge on any atom is 0.161 e. The van der Waals surface area contributed by atoms with Crippen LogP contribution in [0.5, 0.6) is 0 Å². The first-order valence-corrected chi connectivity index (χ1v) is 5.44. The maximum absolute atomic E-state index is 13.6. The van der Waals surface area contributed by atoms with E-state index in [0.717, 1.165) is 25.6 Å². The maximum atomic E-state index is 13.6. The molecule has 1 aromatic rings. The number of rotatable bonds is 1. The van der Waals surface area contributed by atoms with Crippen LogP contribution >= 0.6 is 24.8 Å². The van der Waals surface area contributed by atoms with Crippen LogP contribution in [-0.2, 0) is 0 Å². The van der Waals surface area contributed by atoms with Gasteiger partial charge in [-0.1, -0.05) is 6.92 Å². The Morgan fingerprint density at radius 2 is 1.67 bits per heavy atom. The molecule has 0 bridgehead atoms. The van der Waals surface area contributed by atoms with Gasteiger partial charge in [-0.2, -0.15) is 0 Å². The van der Waals surface area contributed by atoms with Crippen LogP contribution in [0.2, 0.25) is 0 Å². The Morgan fingerprint density at radius 3 is 2.28 bits per heavy atom. The molecule has 6 heteroatoms. The summed E-state index contributed by atoms with van der Waals surface area (Å²) in [6.45, 7) is 3.55. The molecule has 0 unspecified atom stereocenters. The van der Waals surface area contributed by atoms with Crippen molar-refractivity contribution in [2.24, 2.45) is 5.92 Å². The van der Waals surface area contributed by atoms with E-state index in [0.29, 0.717) is 11.6 Å². The van der Waals surface area contributed by atoms with E-state index >= 15 is 0 Å². The highest BCUT2D eigenvalue weighted by Crippen LogP contribution is 2.32. The molecule has 2 rings (SSSR count). The third-order valence-corrected chi connectivity index (χ3v) is 3.22. The SMILES string of the molecule is C[C@@H]1CNCC[C@@H]1c1cc(F)c(F)cc1F.Cl.Cl. The number of hydrogen-bond acceptors (Lipinski definition) is 1. The van der Waals surface area contributed by atoms with Crippen LogP contribution < -0.4 is 5.32 Å². The van der Waals surface area contributed by atoms with Gasteiger partial charge in [-0.05, 0) is 43.0 Å². The molecule has 0 amide bonds. The van der Waals surface area contributed by atoms with Crippen LogP contribution in [0.1, 0.15) is 24.8 Å². The molecule has 1 aromatic carbocycles. The van der Waals surface area contributed by atoms with Crippen molar-refractivity contribution in [1.29, 1.82) is 0 Å². The van der Waals surface area contributed by atoms with Crippen LogP contribution in [0.3, 0.4) is 0 Å². The lowest BCUT2D eigenvalue weighted by molar-refractivity contribution is 0.339. The van der Waals surface area contributed by atoms with Gasteiger partial charge in [-0.3, -0.25) is 0 Å². The smallest absolute Gasteiger partial charge is 0.161 e. The monoisotopic (exact) mass is 301 g/mol. The highest BCUT2D eigenvalue weighted by molar-refractivity contribution is 5.85. The molecule has 0 aromatic heterocycles. The Morgan fingerprint density at radius 1 is 1.06 bits per heavy atom. The van der Waals surface area contributed by atoms with Crippen molar-refractivity contribution in [2.75, 3.05) is 13.1 Å². The average Bonchev–Trinajstić information content (AvgIpc) is 2.25. The Labute approximate surface area is 117 Å². The lowest BCUT2D eigenvalue weighted by atomic mass is 9.82. The van der Waals surface area contributed by atoms with Crippen molar-refractivity contribution in [3.05, 3.63) is 35.1 Å². The fourth-order valence-corrected chi connectivity index (χ4v) is 2.30. The van der Waals surface area contributed by atoms with Gasteiger partial charge in [0.25, 0.3) is 0 Å². The van der Waals surface area contributed by atoms with Crippen LogP contribution in [0, 0.1) is 23.4 Å². The molecule has 104 valence electrons. The molecule has 0 saturated carbocycles. The zero-order chi connectivity index (χ0) is 11.7. The normalized spacial score (nSPS) is 22.9. The second kappa shape index (κ2) is 7.22. The fourth-order valence-electron chi connectivity index (χ4n) is 2.30. The minimum absolute atomic E-state index is 0. The van der Waals surface area contributed by atoms with Gasteiger partial charge in [0.2, 0.25) is 0 Å². The number of piperidine rings is 1. The number of halogens is 5. The summed E-state index contributed by atoms with van der Waals surface area (Å²) in [4.78, 5) is 0.